The molecule has 2 aliphatic rings. The van der Waals surface area contributed by atoms with E-state index in [0.717, 1.165) is 34.1 Å². The first-order valence-corrected chi connectivity index (χ1v) is 11.3. The van der Waals surface area contributed by atoms with Gasteiger partial charge in [-0.1, -0.05) is 71.5 Å². The fraction of sp³-hybridized carbons (Fsp3) is 0.120. The second kappa shape index (κ2) is 7.29. The van der Waals surface area contributed by atoms with Gasteiger partial charge in [-0.25, -0.2) is 14.4 Å². The lowest BCUT2D eigenvalue weighted by molar-refractivity contribution is 0.624. The van der Waals surface area contributed by atoms with E-state index in [1.54, 1.807) is 11.3 Å². The molecule has 6 heteroatoms. The number of hydrazone groups is 1. The van der Waals surface area contributed by atoms with Crippen molar-refractivity contribution in [1.82, 2.24) is 4.98 Å². The van der Waals surface area contributed by atoms with Crippen molar-refractivity contribution >= 4 is 33.8 Å². The van der Waals surface area contributed by atoms with E-state index in [2.05, 4.69) is 24.3 Å². The number of rotatable bonds is 3. The van der Waals surface area contributed by atoms with Gasteiger partial charge in [-0.05, 0) is 41.0 Å². The molecule has 0 saturated carbocycles. The van der Waals surface area contributed by atoms with Crippen LogP contribution in [0.15, 0.2) is 77.9 Å². The molecule has 4 aromatic rings. The summed E-state index contributed by atoms with van der Waals surface area (Å²) < 4.78 is 13.6. The average molecular weight is 446 g/mol. The first-order chi connectivity index (χ1) is 15.2. The van der Waals surface area contributed by atoms with Crippen LogP contribution in [0.3, 0.4) is 0 Å². The van der Waals surface area contributed by atoms with Gasteiger partial charge in [0, 0.05) is 28.3 Å². The maximum absolute atomic E-state index is 13.6. The molecule has 0 saturated heterocycles. The lowest BCUT2D eigenvalue weighted by Crippen LogP contribution is -2.18. The Balaban J connectivity index is 1.42. The summed E-state index contributed by atoms with van der Waals surface area (Å²) in [7, 11) is 0. The highest BCUT2D eigenvalue weighted by Crippen LogP contribution is 2.45. The molecule has 0 unspecified atom stereocenters. The molecule has 31 heavy (non-hydrogen) atoms. The van der Waals surface area contributed by atoms with E-state index >= 15 is 0 Å². The Labute approximate surface area is 188 Å². The molecular weight excluding hydrogens is 429 g/mol. The van der Waals surface area contributed by atoms with Gasteiger partial charge in [0.1, 0.15) is 5.82 Å². The van der Waals surface area contributed by atoms with Crippen molar-refractivity contribution in [3.05, 3.63) is 105 Å². The predicted octanol–water partition coefficient (Wildman–Crippen LogP) is 6.86. The molecule has 0 spiro atoms. The summed E-state index contributed by atoms with van der Waals surface area (Å²) in [6.45, 7) is 0. The van der Waals surface area contributed by atoms with Gasteiger partial charge in [0.25, 0.3) is 0 Å². The average Bonchev–Trinajstić information content (AvgIpc) is 3.47. The van der Waals surface area contributed by atoms with Gasteiger partial charge < -0.3 is 0 Å². The van der Waals surface area contributed by atoms with Gasteiger partial charge in [-0.3, -0.25) is 0 Å². The van der Waals surface area contributed by atoms with Crippen molar-refractivity contribution in [2.75, 3.05) is 5.01 Å². The standard InChI is InChI=1S/C25H17ClFN3S/c26-18-9-5-15(6-10-18)21-14-22(16-7-11-19(27)12-8-16)30(29-21)25-28-24-20-4-2-1-3-17(20)13-23(24)31-25/h1-12,22H,13-14H2/t22-/m1/s1. The number of aromatic nitrogens is 1. The van der Waals surface area contributed by atoms with Crippen LogP contribution < -0.4 is 5.01 Å². The van der Waals surface area contributed by atoms with E-state index in [9.17, 15) is 4.39 Å². The molecule has 1 aromatic heterocycles. The van der Waals surface area contributed by atoms with Gasteiger partial charge in [-0.2, -0.15) is 5.10 Å². The summed E-state index contributed by atoms with van der Waals surface area (Å²) in [5, 5.41) is 8.54. The van der Waals surface area contributed by atoms with Crippen LogP contribution in [0.1, 0.15) is 34.0 Å². The van der Waals surface area contributed by atoms with Crippen LogP contribution in [0.25, 0.3) is 11.3 Å². The Bertz CT molecular complexity index is 1310. The highest BCUT2D eigenvalue weighted by molar-refractivity contribution is 7.16. The fourth-order valence-corrected chi connectivity index (χ4v) is 5.52. The Morgan fingerprint density at radius 1 is 0.968 bits per heavy atom. The molecule has 0 amide bonds. The number of thiazole rings is 1. The van der Waals surface area contributed by atoms with E-state index in [-0.39, 0.29) is 11.9 Å². The molecule has 0 bridgehead atoms. The predicted molar refractivity (Wildman–Crippen MR) is 125 cm³/mol. The Morgan fingerprint density at radius 3 is 2.55 bits per heavy atom. The van der Waals surface area contributed by atoms with Crippen molar-refractivity contribution in [2.45, 2.75) is 18.9 Å². The van der Waals surface area contributed by atoms with Gasteiger partial charge in [0.05, 0.1) is 17.4 Å². The van der Waals surface area contributed by atoms with Crippen LogP contribution in [0.2, 0.25) is 5.02 Å². The van der Waals surface area contributed by atoms with Crippen molar-refractivity contribution in [1.29, 1.82) is 0 Å². The minimum atomic E-state index is -0.239. The van der Waals surface area contributed by atoms with Crippen LogP contribution in [0, 0.1) is 5.82 Å². The normalized spacial score (nSPS) is 16.9. The fourth-order valence-electron chi connectivity index (χ4n) is 4.29. The van der Waals surface area contributed by atoms with E-state index in [4.69, 9.17) is 21.7 Å². The van der Waals surface area contributed by atoms with E-state index in [1.807, 2.05) is 41.4 Å². The molecule has 3 nitrogen and oxygen atoms in total. The minimum Gasteiger partial charge on any atom is -0.231 e. The third kappa shape index (κ3) is 3.25. The first kappa shape index (κ1) is 18.7. The highest BCUT2D eigenvalue weighted by atomic mass is 35.5. The van der Waals surface area contributed by atoms with Crippen LogP contribution in [-0.2, 0) is 6.42 Å². The largest absolute Gasteiger partial charge is 0.231 e. The van der Waals surface area contributed by atoms with Crippen molar-refractivity contribution in [3.63, 3.8) is 0 Å². The van der Waals surface area contributed by atoms with E-state index < -0.39 is 0 Å². The lowest BCUT2D eigenvalue weighted by atomic mass is 9.98. The van der Waals surface area contributed by atoms with Gasteiger partial charge >= 0.3 is 0 Å². The molecule has 6 rings (SSSR count). The smallest absolute Gasteiger partial charge is 0.207 e. The summed E-state index contributed by atoms with van der Waals surface area (Å²) in [4.78, 5) is 6.26. The van der Waals surface area contributed by atoms with Gasteiger partial charge in [0.15, 0.2) is 0 Å². The van der Waals surface area contributed by atoms with Crippen LogP contribution >= 0.6 is 22.9 Å². The zero-order valence-electron chi connectivity index (χ0n) is 16.4. The first-order valence-electron chi connectivity index (χ1n) is 10.1. The van der Waals surface area contributed by atoms with Crippen molar-refractivity contribution in [2.24, 2.45) is 5.10 Å². The number of halogens is 2. The Kier molecular flexibility index (Phi) is 4.40. The topological polar surface area (TPSA) is 28.5 Å². The number of anilines is 1. The number of hydrogen-bond donors (Lipinski definition) is 0. The zero-order chi connectivity index (χ0) is 20.9. The van der Waals surface area contributed by atoms with E-state index in [1.165, 1.54) is 28.1 Å². The molecule has 1 aliphatic carbocycles. The number of nitrogens with zero attached hydrogens (tertiary/aromatic N) is 3. The summed E-state index contributed by atoms with van der Waals surface area (Å²) in [6, 6.07) is 22.8. The van der Waals surface area contributed by atoms with Crippen molar-refractivity contribution < 1.29 is 4.39 Å². The summed E-state index contributed by atoms with van der Waals surface area (Å²) in [5.41, 5.74) is 6.62. The van der Waals surface area contributed by atoms with Crippen LogP contribution in [-0.4, -0.2) is 10.7 Å². The minimum absolute atomic E-state index is 0.0344. The SMILES string of the molecule is Fc1ccc([C@H]2CC(c3ccc(Cl)cc3)=NN2c2nc3c(s2)Cc2ccccc2-3)cc1. The van der Waals surface area contributed by atoms with E-state index in [0.29, 0.717) is 11.4 Å². The van der Waals surface area contributed by atoms with Crippen LogP contribution in [0.4, 0.5) is 9.52 Å². The summed E-state index contributed by atoms with van der Waals surface area (Å²) in [6.07, 6.45) is 1.63. The number of benzene rings is 3. The maximum Gasteiger partial charge on any atom is 0.207 e. The summed E-state index contributed by atoms with van der Waals surface area (Å²) in [5.74, 6) is -0.239. The molecule has 152 valence electrons. The molecule has 2 heterocycles. The molecule has 1 atom stereocenters. The van der Waals surface area contributed by atoms with Gasteiger partial charge in [-0.15, -0.1) is 0 Å². The number of hydrogen-bond acceptors (Lipinski definition) is 4. The third-order valence-electron chi connectivity index (χ3n) is 5.85. The maximum atomic E-state index is 13.6. The molecule has 3 aromatic carbocycles. The van der Waals surface area contributed by atoms with Gasteiger partial charge in [0.2, 0.25) is 5.13 Å². The zero-order valence-corrected chi connectivity index (χ0v) is 18.0. The monoisotopic (exact) mass is 445 g/mol. The van der Waals surface area contributed by atoms with Crippen LogP contribution in [0.5, 0.6) is 0 Å². The molecule has 1 aliphatic heterocycles. The Hall–Kier alpha value is -3.02. The highest BCUT2D eigenvalue weighted by Gasteiger charge is 2.34. The molecule has 0 radical (unpaired) electrons. The molecule has 0 fully saturated rings. The molecule has 0 N–H and O–H groups in total. The third-order valence-corrected chi connectivity index (χ3v) is 7.15. The van der Waals surface area contributed by atoms with Crippen molar-refractivity contribution in [3.8, 4) is 11.3 Å². The quantitative estimate of drug-likeness (QED) is 0.303. The Morgan fingerprint density at radius 2 is 1.74 bits per heavy atom. The second-order valence-corrected chi connectivity index (χ2v) is 9.27. The lowest BCUT2D eigenvalue weighted by Gasteiger charge is -2.21. The molecular formula is C25H17ClFN3S. The second-order valence-electron chi connectivity index (χ2n) is 7.77. The number of fused-ring (bicyclic) bond motifs is 3. The summed E-state index contributed by atoms with van der Waals surface area (Å²) >= 11 is 7.76.